The van der Waals surface area contributed by atoms with Gasteiger partial charge in [-0.3, -0.25) is 37.6 Å². The summed E-state index contributed by atoms with van der Waals surface area (Å²) in [5, 5.41) is 6.74. The van der Waals surface area contributed by atoms with E-state index in [1.54, 1.807) is 34.5 Å². The molecule has 5 heterocycles. The van der Waals surface area contributed by atoms with Gasteiger partial charge in [-0.1, -0.05) is 18.9 Å². The van der Waals surface area contributed by atoms with Crippen LogP contribution >= 0.6 is 0 Å². The predicted octanol–water partition coefficient (Wildman–Crippen LogP) is 5.86. The summed E-state index contributed by atoms with van der Waals surface area (Å²) < 4.78 is 18.9. The third-order valence-corrected chi connectivity index (χ3v) is 15.5. The molecule has 2 aliphatic heterocycles. The zero-order chi connectivity index (χ0) is 41.7. The standard InChI is InChI=1S/C45H55N9O5S/c1-28-25-34(16-17-35(28)47-44-46-26-30-13-20-40(56)53(42(30)49-44)32-7-4-5-8-32)60(59)33-14-11-29(12-15-33)27-50(2)31-21-23-52(24-22-31)36-9-6-10-37-41(36)51(3)45(58)54(37)38-18-19-39(55)48-43(38)57/h6,9-10,13,16-17,20,25-26,29,31-33,38H,4-5,7-8,11-12,14-15,18-19,21-24,27H2,1-3H3,(H,46,47,49)(H,48,55,57). The number of carbonyl (C=O) groups is 2. The van der Waals surface area contributed by atoms with Gasteiger partial charge >= 0.3 is 5.69 Å². The number of fused-ring (bicyclic) bond motifs is 2. The number of nitrogens with zero attached hydrogens (tertiary/aromatic N) is 7. The van der Waals surface area contributed by atoms with Crippen LogP contribution in [0.15, 0.2) is 69.2 Å². The molecule has 60 heavy (non-hydrogen) atoms. The van der Waals surface area contributed by atoms with Crippen molar-refractivity contribution in [3.63, 3.8) is 0 Å². The molecule has 2 atom stereocenters. The van der Waals surface area contributed by atoms with Crippen LogP contribution in [0.1, 0.15) is 94.7 Å². The largest absolute Gasteiger partial charge is 0.370 e. The van der Waals surface area contributed by atoms with Gasteiger partial charge < -0.3 is 15.1 Å². The van der Waals surface area contributed by atoms with Crippen LogP contribution in [0.2, 0.25) is 0 Å². The molecule has 5 aromatic rings. The van der Waals surface area contributed by atoms with Gasteiger partial charge in [-0.25, -0.2) is 9.78 Å². The second-order valence-corrected chi connectivity index (χ2v) is 19.2. The first-order valence-electron chi connectivity index (χ1n) is 21.7. The van der Waals surface area contributed by atoms with Crippen LogP contribution in [0.25, 0.3) is 22.1 Å². The normalized spacial score (nSPS) is 22.5. The van der Waals surface area contributed by atoms with Gasteiger partial charge in [0.15, 0.2) is 0 Å². The maximum Gasteiger partial charge on any atom is 0.329 e. The molecule has 2 saturated carbocycles. The SMILES string of the molecule is Cc1cc(S(=O)C2CCC(CN(C)C3CCN(c4cccc5c4n(C)c(=O)n5C4CCC(=O)NC4=O)CC3)CC2)ccc1Nc1ncc2ccc(=O)n(C3CCCC3)c2n1. The van der Waals surface area contributed by atoms with Crippen molar-refractivity contribution in [2.75, 3.05) is 36.9 Å². The number of nitrogens with one attached hydrogen (secondary N) is 2. The van der Waals surface area contributed by atoms with Crippen LogP contribution in [0, 0.1) is 12.8 Å². The number of amides is 2. The van der Waals surface area contributed by atoms with Gasteiger partial charge in [-0.05, 0) is 120 Å². The Balaban J connectivity index is 0.781. The Hall–Kier alpha value is -5.15. The molecule has 9 rings (SSSR count). The molecule has 0 bridgehead atoms. The van der Waals surface area contributed by atoms with Crippen molar-refractivity contribution in [1.29, 1.82) is 0 Å². The first-order valence-corrected chi connectivity index (χ1v) is 22.9. The van der Waals surface area contributed by atoms with Crippen molar-refractivity contribution in [3.8, 4) is 0 Å². The third kappa shape index (κ3) is 7.70. The molecule has 4 aliphatic rings. The second kappa shape index (κ2) is 16.7. The molecular weight excluding hydrogens is 779 g/mol. The monoisotopic (exact) mass is 833 g/mol. The highest BCUT2D eigenvalue weighted by Gasteiger charge is 2.34. The summed E-state index contributed by atoms with van der Waals surface area (Å²) in [7, 11) is 2.90. The Morgan fingerprint density at radius 2 is 1.67 bits per heavy atom. The zero-order valence-corrected chi connectivity index (χ0v) is 35.6. The number of piperidine rings is 2. The van der Waals surface area contributed by atoms with E-state index in [1.807, 2.05) is 41.8 Å². The highest BCUT2D eigenvalue weighted by molar-refractivity contribution is 7.85. The molecule has 0 radical (unpaired) electrons. The van der Waals surface area contributed by atoms with E-state index in [1.165, 1.54) is 0 Å². The zero-order valence-electron chi connectivity index (χ0n) is 34.8. The lowest BCUT2D eigenvalue weighted by molar-refractivity contribution is -0.135. The molecule has 2 N–H and O–H groups in total. The molecule has 0 spiro atoms. The molecule has 3 aromatic heterocycles. The quantitative estimate of drug-likeness (QED) is 0.164. The highest BCUT2D eigenvalue weighted by Crippen LogP contribution is 2.35. The van der Waals surface area contributed by atoms with E-state index < -0.39 is 22.7 Å². The van der Waals surface area contributed by atoms with E-state index in [0.717, 1.165) is 122 Å². The van der Waals surface area contributed by atoms with Crippen molar-refractivity contribution in [2.45, 2.75) is 112 Å². The minimum absolute atomic E-state index is 0.0231. The number of aromatic nitrogens is 5. The number of aryl methyl sites for hydroxylation is 2. The van der Waals surface area contributed by atoms with Crippen LogP contribution < -0.4 is 26.8 Å². The predicted molar refractivity (Wildman–Crippen MR) is 234 cm³/mol. The Bertz CT molecular complexity index is 2600. The third-order valence-electron chi connectivity index (χ3n) is 13.7. The lowest BCUT2D eigenvalue weighted by Gasteiger charge is -2.40. The first-order chi connectivity index (χ1) is 29.0. The van der Waals surface area contributed by atoms with Crippen molar-refractivity contribution in [1.82, 2.24) is 33.9 Å². The van der Waals surface area contributed by atoms with Crippen molar-refractivity contribution in [3.05, 3.63) is 81.1 Å². The van der Waals surface area contributed by atoms with Crippen molar-refractivity contribution < 1.29 is 13.8 Å². The molecule has 316 valence electrons. The Labute approximate surface area is 351 Å². The molecule has 4 fully saturated rings. The number of hydrogen-bond donors (Lipinski definition) is 2. The number of imide groups is 1. The lowest BCUT2D eigenvalue weighted by atomic mass is 9.88. The number of carbonyl (C=O) groups excluding carboxylic acids is 2. The fourth-order valence-electron chi connectivity index (χ4n) is 10.4. The highest BCUT2D eigenvalue weighted by atomic mass is 32.2. The number of benzene rings is 2. The summed E-state index contributed by atoms with van der Waals surface area (Å²) in [5.41, 5.74) is 4.75. The Kier molecular flexibility index (Phi) is 11.2. The molecule has 2 aromatic carbocycles. The van der Waals surface area contributed by atoms with E-state index in [-0.39, 0.29) is 34.9 Å². The minimum Gasteiger partial charge on any atom is -0.370 e. The van der Waals surface area contributed by atoms with E-state index >= 15 is 0 Å². The van der Waals surface area contributed by atoms with Crippen molar-refractivity contribution in [2.24, 2.45) is 13.0 Å². The van der Waals surface area contributed by atoms with Crippen LogP contribution in [0.5, 0.6) is 0 Å². The maximum absolute atomic E-state index is 13.9. The summed E-state index contributed by atoms with van der Waals surface area (Å²) in [6.07, 6.45) is 12.5. The van der Waals surface area contributed by atoms with Gasteiger partial charge in [0.05, 0.1) is 27.5 Å². The average Bonchev–Trinajstić information content (AvgIpc) is 3.87. The number of pyridine rings is 1. The van der Waals surface area contributed by atoms with Crippen LogP contribution in [0.3, 0.4) is 0 Å². The molecule has 2 saturated heterocycles. The van der Waals surface area contributed by atoms with E-state index in [9.17, 15) is 23.4 Å². The number of hydrogen-bond acceptors (Lipinski definition) is 10. The number of anilines is 3. The Morgan fingerprint density at radius 3 is 2.40 bits per heavy atom. The van der Waals surface area contributed by atoms with Gasteiger partial charge in [-0.2, -0.15) is 4.98 Å². The molecule has 15 heteroatoms. The van der Waals surface area contributed by atoms with Gasteiger partial charge in [0, 0.05) is 78.7 Å². The summed E-state index contributed by atoms with van der Waals surface area (Å²) in [4.78, 5) is 66.0. The van der Waals surface area contributed by atoms with Gasteiger partial charge in [0.1, 0.15) is 11.7 Å². The smallest absolute Gasteiger partial charge is 0.329 e. The number of rotatable bonds is 10. The lowest BCUT2D eigenvalue weighted by Crippen LogP contribution is -2.45. The molecular formula is C45H55N9O5S. The van der Waals surface area contributed by atoms with Gasteiger partial charge in [-0.15, -0.1) is 0 Å². The Morgan fingerprint density at radius 1 is 0.900 bits per heavy atom. The second-order valence-electron chi connectivity index (χ2n) is 17.5. The maximum atomic E-state index is 13.9. The van der Waals surface area contributed by atoms with E-state index in [4.69, 9.17) is 4.98 Å². The summed E-state index contributed by atoms with van der Waals surface area (Å²) in [5.74, 6) is 0.287. The van der Waals surface area contributed by atoms with Crippen molar-refractivity contribution >= 4 is 62.0 Å². The fourth-order valence-corrected chi connectivity index (χ4v) is 11.9. The van der Waals surface area contributed by atoms with Crippen LogP contribution in [-0.2, 0) is 27.4 Å². The number of para-hydroxylation sites is 1. The topological polar surface area (TPSA) is 156 Å². The van der Waals surface area contributed by atoms with Gasteiger partial charge in [0.25, 0.3) is 5.56 Å². The first kappa shape index (κ1) is 40.3. The summed E-state index contributed by atoms with van der Waals surface area (Å²) >= 11 is 0. The fraction of sp³-hybridized carbons (Fsp3) is 0.511. The molecule has 2 unspecified atom stereocenters. The average molecular weight is 834 g/mol. The van der Waals surface area contributed by atoms with Gasteiger partial charge in [0.2, 0.25) is 17.8 Å². The number of imidazole rings is 1. The van der Waals surface area contributed by atoms with E-state index in [0.29, 0.717) is 30.0 Å². The summed E-state index contributed by atoms with van der Waals surface area (Å²) in [6.45, 7) is 4.77. The molecule has 2 amide bonds. The van der Waals surface area contributed by atoms with Crippen LogP contribution in [0.4, 0.5) is 17.3 Å². The summed E-state index contributed by atoms with van der Waals surface area (Å²) in [6, 6.07) is 15.2. The minimum atomic E-state index is -1.10. The molecule has 14 nitrogen and oxygen atoms in total. The van der Waals surface area contributed by atoms with Crippen LogP contribution in [-0.4, -0.2) is 82.6 Å². The van der Waals surface area contributed by atoms with E-state index in [2.05, 4.69) is 38.5 Å². The molecule has 2 aliphatic carbocycles.